The number of aliphatic carboxylic acids is 1. The number of carboxylic acid groups (broad SMARTS) is 1. The first-order valence-corrected chi connectivity index (χ1v) is 10.5. The fourth-order valence-electron chi connectivity index (χ4n) is 7.90. The zero-order valence-corrected chi connectivity index (χ0v) is 20.3. The molecule has 1 aliphatic heterocycles. The minimum Gasteiger partial charge on any atom is -0.550 e. The Morgan fingerprint density at radius 3 is 2.75 bits per heavy atom. The summed E-state index contributed by atoms with van der Waals surface area (Å²) in [5, 5.41) is 22.5. The Bertz CT molecular complexity index is 751. The minimum absolute atomic E-state index is 0. The molecule has 1 saturated heterocycles. The average molecular weight is 413 g/mol. The number of ketones is 1. The van der Waals surface area contributed by atoms with Crippen molar-refractivity contribution in [1.82, 2.24) is 0 Å². The van der Waals surface area contributed by atoms with Gasteiger partial charge in [-0.2, -0.15) is 0 Å². The molecular weight excluding hydrogens is 383 g/mol. The topological polar surface area (TPSA) is 90.0 Å². The molecule has 5 nitrogen and oxygen atoms in total. The zero-order valence-electron chi connectivity index (χ0n) is 17.2. The Balaban J connectivity index is 0.00000192. The van der Waals surface area contributed by atoms with Crippen LogP contribution in [-0.4, -0.2) is 34.2 Å². The van der Waals surface area contributed by atoms with Crippen molar-refractivity contribution in [1.29, 1.82) is 0 Å². The Hall–Kier alpha value is 0.436. The Morgan fingerprint density at radius 1 is 1.29 bits per heavy atom. The Labute approximate surface area is 209 Å². The maximum Gasteiger partial charge on any atom is 1.00 e. The number of allylic oxidation sites excluding steroid dienone is 1. The molecule has 4 aliphatic carbocycles. The summed E-state index contributed by atoms with van der Waals surface area (Å²) < 4.78 is 6.50. The number of hydrogen-bond donors (Lipinski definition) is 1. The van der Waals surface area contributed by atoms with E-state index in [2.05, 4.69) is 19.9 Å². The van der Waals surface area contributed by atoms with Crippen LogP contribution in [0.4, 0.5) is 0 Å². The predicted molar refractivity (Wildman–Crippen MR) is 95.3 cm³/mol. The standard InChI is InChI=1S/C22H30O5.K/c1-19-8-5-14(23)11-13(19)3-4-16-15-6-9-21(26,10-7-18(24)25)20(15,2)12-17-22(16,19)27-17;/h5,8,13,15-17,26H,3-4,6-7,9-12H2,1-2H3,(H,24,25);/q;+1/p-1/t13-,15?,16?,17+,19-,20-,21+,22-;/m0./s1. The molecule has 28 heavy (non-hydrogen) atoms. The Kier molecular flexibility index (Phi) is 5.19. The molecule has 3 saturated carbocycles. The van der Waals surface area contributed by atoms with Crippen LogP contribution in [0.15, 0.2) is 12.2 Å². The third kappa shape index (κ3) is 2.58. The van der Waals surface area contributed by atoms with Gasteiger partial charge in [-0.15, -0.1) is 0 Å². The van der Waals surface area contributed by atoms with Gasteiger partial charge in [-0.05, 0) is 68.8 Å². The maximum atomic E-state index is 12.0. The van der Waals surface area contributed by atoms with Crippen molar-refractivity contribution in [2.45, 2.75) is 82.5 Å². The number of carboxylic acids is 1. The molecule has 5 aliphatic rings. The van der Waals surface area contributed by atoms with Gasteiger partial charge in [0.2, 0.25) is 0 Å². The fraction of sp³-hybridized carbons (Fsp3) is 0.818. The maximum absolute atomic E-state index is 12.0. The van der Waals surface area contributed by atoms with Gasteiger partial charge in [0.1, 0.15) is 5.60 Å². The minimum atomic E-state index is -1.09. The van der Waals surface area contributed by atoms with Gasteiger partial charge in [0.15, 0.2) is 5.78 Å². The van der Waals surface area contributed by atoms with Crippen molar-refractivity contribution in [3.8, 4) is 0 Å². The van der Waals surface area contributed by atoms with Crippen molar-refractivity contribution < 1.29 is 75.9 Å². The summed E-state index contributed by atoms with van der Waals surface area (Å²) >= 11 is 0. The van der Waals surface area contributed by atoms with Crippen molar-refractivity contribution in [2.75, 3.05) is 0 Å². The average Bonchev–Trinajstić information content (AvgIpc) is 3.26. The van der Waals surface area contributed by atoms with E-state index in [1.54, 1.807) is 6.08 Å². The number of aliphatic hydroxyl groups is 1. The summed E-state index contributed by atoms with van der Waals surface area (Å²) in [4.78, 5) is 23.0. The molecule has 0 bridgehead atoms. The quantitative estimate of drug-likeness (QED) is 0.463. The molecule has 8 atom stereocenters. The molecule has 2 unspecified atom stereocenters. The third-order valence-corrected chi connectivity index (χ3v) is 9.48. The molecule has 0 aromatic carbocycles. The summed E-state index contributed by atoms with van der Waals surface area (Å²) in [6.45, 7) is 4.42. The van der Waals surface area contributed by atoms with Gasteiger partial charge in [-0.1, -0.05) is 19.9 Å². The number of carbonyl (C=O) groups excluding carboxylic acids is 2. The van der Waals surface area contributed by atoms with Gasteiger partial charge in [0.05, 0.1) is 11.7 Å². The molecule has 5 rings (SSSR count). The van der Waals surface area contributed by atoms with E-state index in [4.69, 9.17) is 4.74 Å². The van der Waals surface area contributed by atoms with E-state index >= 15 is 0 Å². The van der Waals surface area contributed by atoms with Crippen molar-refractivity contribution >= 4 is 11.8 Å². The van der Waals surface area contributed by atoms with Gasteiger partial charge < -0.3 is 19.7 Å². The monoisotopic (exact) mass is 412 g/mol. The van der Waals surface area contributed by atoms with Gasteiger partial charge in [-0.25, -0.2) is 0 Å². The van der Waals surface area contributed by atoms with Crippen LogP contribution in [0.1, 0.15) is 65.2 Å². The number of epoxide rings is 1. The van der Waals surface area contributed by atoms with Gasteiger partial charge in [0.25, 0.3) is 0 Å². The van der Waals surface area contributed by atoms with Crippen LogP contribution in [-0.2, 0) is 14.3 Å². The fourth-order valence-corrected chi connectivity index (χ4v) is 7.90. The summed E-state index contributed by atoms with van der Waals surface area (Å²) in [6.07, 6.45) is 9.20. The summed E-state index contributed by atoms with van der Waals surface area (Å²) in [7, 11) is 0. The van der Waals surface area contributed by atoms with Crippen LogP contribution >= 0.6 is 0 Å². The van der Waals surface area contributed by atoms with Crippen LogP contribution in [0.25, 0.3) is 0 Å². The molecular formula is C22H29KO5. The first-order valence-electron chi connectivity index (χ1n) is 10.5. The molecule has 0 amide bonds. The van der Waals surface area contributed by atoms with Crippen molar-refractivity contribution in [2.24, 2.45) is 28.6 Å². The SMILES string of the molecule is C[C@]12C[C@H]3O[C@@]34C(CC[C@H]3CC(=O)C=C[C@@]34C)C1CC[C@@]2(O)CCC(=O)[O-].[K+]. The molecule has 1 spiro atoms. The first kappa shape index (κ1) is 21.7. The van der Waals surface area contributed by atoms with Crippen LogP contribution in [0.3, 0.4) is 0 Å². The van der Waals surface area contributed by atoms with E-state index in [1.807, 2.05) is 0 Å². The van der Waals surface area contributed by atoms with E-state index in [9.17, 15) is 19.8 Å². The number of hydrogen-bond acceptors (Lipinski definition) is 5. The molecule has 1 heterocycles. The van der Waals surface area contributed by atoms with Gasteiger partial charge in [-0.3, -0.25) is 4.79 Å². The predicted octanol–water partition coefficient (Wildman–Crippen LogP) is -1.23. The number of rotatable bonds is 3. The second-order valence-electron chi connectivity index (χ2n) is 10.2. The smallest absolute Gasteiger partial charge is 0.550 e. The van der Waals surface area contributed by atoms with Crippen LogP contribution in [0.5, 0.6) is 0 Å². The van der Waals surface area contributed by atoms with Gasteiger partial charge >= 0.3 is 51.4 Å². The Morgan fingerprint density at radius 2 is 2.04 bits per heavy atom. The third-order valence-electron chi connectivity index (χ3n) is 9.48. The van der Waals surface area contributed by atoms with E-state index in [0.717, 1.165) is 25.7 Å². The number of carbonyl (C=O) groups is 2. The first-order chi connectivity index (χ1) is 12.7. The van der Waals surface area contributed by atoms with E-state index < -0.39 is 11.6 Å². The summed E-state index contributed by atoms with van der Waals surface area (Å²) in [5.74, 6) is 0.194. The molecule has 148 valence electrons. The number of ether oxygens (including phenoxy) is 1. The molecule has 4 fully saturated rings. The molecule has 6 heteroatoms. The number of fused-ring (bicyclic) bond motifs is 3. The van der Waals surface area contributed by atoms with Crippen molar-refractivity contribution in [3.63, 3.8) is 0 Å². The van der Waals surface area contributed by atoms with Crippen LogP contribution in [0.2, 0.25) is 0 Å². The largest absolute Gasteiger partial charge is 1.00 e. The van der Waals surface area contributed by atoms with E-state index in [1.165, 1.54) is 0 Å². The van der Waals surface area contributed by atoms with Crippen LogP contribution < -0.4 is 56.5 Å². The molecule has 0 radical (unpaired) electrons. The molecule has 1 N–H and O–H groups in total. The summed E-state index contributed by atoms with van der Waals surface area (Å²) in [5.41, 5.74) is -1.57. The molecule has 0 aromatic rings. The summed E-state index contributed by atoms with van der Waals surface area (Å²) in [6, 6.07) is 0. The van der Waals surface area contributed by atoms with E-state index in [0.29, 0.717) is 30.6 Å². The zero-order chi connectivity index (χ0) is 19.2. The second kappa shape index (κ2) is 6.72. The second-order valence-corrected chi connectivity index (χ2v) is 10.2. The normalized spacial score (nSPS) is 53.3. The van der Waals surface area contributed by atoms with Crippen LogP contribution in [0, 0.1) is 28.6 Å². The van der Waals surface area contributed by atoms with E-state index in [-0.39, 0.29) is 92.5 Å². The molecule has 0 aromatic heterocycles. The van der Waals surface area contributed by atoms with Gasteiger partial charge in [0, 0.05) is 23.2 Å². The van der Waals surface area contributed by atoms with Crippen molar-refractivity contribution in [3.05, 3.63) is 12.2 Å².